The standard InChI is InChI=1S/C67H44N2/c1-2-18-47(19-3-1)67(63-29-12-8-25-58(63)59-26-9-13-30-64(59)67)48-35-39-50(40-36-48)68(52-41-42-57-55-23-5-4-21-53(55)54-22-6-7-24-56(54)62(57)44-52)49-37-33-45(34-38-49)46-17-16-20-51(43-46)69-65-31-14-10-27-60(65)61-28-11-15-32-66(61)69/h1-44H. The normalized spacial score (nSPS) is 12.8. The summed E-state index contributed by atoms with van der Waals surface area (Å²) in [5.41, 5.74) is 16.4. The van der Waals surface area contributed by atoms with Gasteiger partial charge in [-0.2, -0.15) is 0 Å². The van der Waals surface area contributed by atoms with Gasteiger partial charge in [-0.25, -0.2) is 0 Å². The van der Waals surface area contributed by atoms with Gasteiger partial charge in [-0.05, 0) is 137 Å². The fourth-order valence-electron chi connectivity index (χ4n) is 11.9. The van der Waals surface area contributed by atoms with Crippen molar-refractivity contribution in [1.82, 2.24) is 4.57 Å². The zero-order chi connectivity index (χ0) is 45.5. The van der Waals surface area contributed by atoms with Gasteiger partial charge in [0.1, 0.15) is 0 Å². The van der Waals surface area contributed by atoms with Gasteiger partial charge in [0, 0.05) is 33.5 Å². The highest BCUT2D eigenvalue weighted by Crippen LogP contribution is 2.56. The summed E-state index contributed by atoms with van der Waals surface area (Å²) in [6, 6.07) is 98.6. The number of hydrogen-bond acceptors (Lipinski definition) is 1. The molecule has 12 aromatic carbocycles. The molecule has 0 saturated heterocycles. The molecule has 1 heterocycles. The lowest BCUT2D eigenvalue weighted by molar-refractivity contribution is 0.768. The number of benzene rings is 12. The second-order valence-corrected chi connectivity index (χ2v) is 18.4. The van der Waals surface area contributed by atoms with Crippen LogP contribution in [0.5, 0.6) is 0 Å². The summed E-state index contributed by atoms with van der Waals surface area (Å²) in [4.78, 5) is 2.43. The third-order valence-corrected chi connectivity index (χ3v) is 14.8. The summed E-state index contributed by atoms with van der Waals surface area (Å²) < 4.78 is 2.39. The number of aromatic nitrogens is 1. The van der Waals surface area contributed by atoms with Gasteiger partial charge >= 0.3 is 0 Å². The predicted octanol–water partition coefficient (Wildman–Crippen LogP) is 17.7. The summed E-state index contributed by atoms with van der Waals surface area (Å²) in [5, 5.41) is 10.1. The van der Waals surface area contributed by atoms with Gasteiger partial charge < -0.3 is 9.47 Å². The van der Waals surface area contributed by atoms with Crippen LogP contribution in [0, 0.1) is 0 Å². The Balaban J connectivity index is 0.931. The van der Waals surface area contributed by atoms with Gasteiger partial charge in [0.15, 0.2) is 0 Å². The van der Waals surface area contributed by atoms with E-state index in [1.165, 1.54) is 93.1 Å². The SMILES string of the molecule is c1ccc(C2(c3ccc(N(c4ccc(-c5cccc(-n6c7ccccc7c7ccccc76)c5)cc4)c4ccc5c6ccccc6c6ccccc6c5c4)cc3)c3ccccc3-c3ccccc32)cc1. The molecular weight excluding hydrogens is 833 g/mol. The Bertz CT molecular complexity index is 3990. The molecule has 0 saturated carbocycles. The van der Waals surface area contributed by atoms with E-state index in [0.717, 1.165) is 28.3 Å². The van der Waals surface area contributed by atoms with Crippen molar-refractivity contribution in [3.8, 4) is 27.9 Å². The zero-order valence-corrected chi connectivity index (χ0v) is 37.8. The fourth-order valence-corrected chi connectivity index (χ4v) is 11.9. The quantitative estimate of drug-likeness (QED) is 0.145. The number of nitrogens with zero attached hydrogens (tertiary/aromatic N) is 2. The van der Waals surface area contributed by atoms with Crippen molar-refractivity contribution in [1.29, 1.82) is 0 Å². The van der Waals surface area contributed by atoms with Gasteiger partial charge in [0.05, 0.1) is 16.4 Å². The first-order valence-electron chi connectivity index (χ1n) is 23.9. The highest BCUT2D eigenvalue weighted by Gasteiger charge is 2.45. The van der Waals surface area contributed by atoms with Crippen molar-refractivity contribution in [3.05, 3.63) is 289 Å². The van der Waals surface area contributed by atoms with E-state index < -0.39 is 5.41 Å². The van der Waals surface area contributed by atoms with Crippen LogP contribution in [0.3, 0.4) is 0 Å². The van der Waals surface area contributed by atoms with Crippen LogP contribution in [0.15, 0.2) is 267 Å². The van der Waals surface area contributed by atoms with Crippen LogP contribution in [-0.2, 0) is 5.41 Å². The molecule has 2 nitrogen and oxygen atoms in total. The van der Waals surface area contributed by atoms with Gasteiger partial charge in [0.25, 0.3) is 0 Å². The first-order chi connectivity index (χ1) is 34.2. The molecule has 2 heteroatoms. The van der Waals surface area contributed by atoms with E-state index in [9.17, 15) is 0 Å². The van der Waals surface area contributed by atoms with Gasteiger partial charge in [-0.15, -0.1) is 0 Å². The fraction of sp³-hybridized carbons (Fsp3) is 0.0149. The van der Waals surface area contributed by atoms with Crippen LogP contribution in [0.2, 0.25) is 0 Å². The first kappa shape index (κ1) is 39.2. The van der Waals surface area contributed by atoms with Crippen LogP contribution in [0.4, 0.5) is 17.1 Å². The molecular formula is C67H44N2. The van der Waals surface area contributed by atoms with E-state index in [2.05, 4.69) is 276 Å². The van der Waals surface area contributed by atoms with E-state index in [1.54, 1.807) is 0 Å². The smallest absolute Gasteiger partial charge is 0.0713 e. The zero-order valence-electron chi connectivity index (χ0n) is 37.8. The topological polar surface area (TPSA) is 8.17 Å². The number of para-hydroxylation sites is 2. The molecule has 1 aliphatic carbocycles. The highest BCUT2D eigenvalue weighted by atomic mass is 15.1. The van der Waals surface area contributed by atoms with Crippen LogP contribution in [0.25, 0.3) is 82.1 Å². The lowest BCUT2D eigenvalue weighted by Gasteiger charge is -2.34. The van der Waals surface area contributed by atoms with Crippen molar-refractivity contribution in [2.75, 3.05) is 4.90 Å². The number of hydrogen-bond donors (Lipinski definition) is 0. The predicted molar refractivity (Wildman–Crippen MR) is 291 cm³/mol. The van der Waals surface area contributed by atoms with Crippen molar-refractivity contribution < 1.29 is 0 Å². The number of rotatable bonds is 7. The van der Waals surface area contributed by atoms with Crippen molar-refractivity contribution in [2.24, 2.45) is 0 Å². The van der Waals surface area contributed by atoms with Crippen LogP contribution >= 0.6 is 0 Å². The summed E-state index contributed by atoms with van der Waals surface area (Å²) in [5.74, 6) is 0. The lowest BCUT2D eigenvalue weighted by Crippen LogP contribution is -2.28. The maximum absolute atomic E-state index is 2.43. The first-order valence-corrected chi connectivity index (χ1v) is 23.9. The van der Waals surface area contributed by atoms with Gasteiger partial charge in [-0.3, -0.25) is 0 Å². The highest BCUT2D eigenvalue weighted by molar-refractivity contribution is 6.25. The Hall–Kier alpha value is -8.98. The Morgan fingerprint density at radius 2 is 0.725 bits per heavy atom. The van der Waals surface area contributed by atoms with Crippen LogP contribution in [-0.4, -0.2) is 4.57 Å². The number of fused-ring (bicyclic) bond motifs is 12. The minimum atomic E-state index is -0.476. The minimum absolute atomic E-state index is 0.476. The average Bonchev–Trinajstić information content (AvgIpc) is 3.93. The molecule has 1 aliphatic rings. The van der Waals surface area contributed by atoms with E-state index >= 15 is 0 Å². The molecule has 0 amide bonds. The summed E-state index contributed by atoms with van der Waals surface area (Å²) >= 11 is 0. The van der Waals surface area contributed by atoms with Gasteiger partial charge in [0.2, 0.25) is 0 Å². The van der Waals surface area contributed by atoms with E-state index in [4.69, 9.17) is 0 Å². The van der Waals surface area contributed by atoms with Crippen LogP contribution < -0.4 is 4.90 Å². The van der Waals surface area contributed by atoms with E-state index in [0.29, 0.717) is 0 Å². The summed E-state index contributed by atoms with van der Waals surface area (Å²) in [6.45, 7) is 0. The third kappa shape index (κ3) is 5.92. The summed E-state index contributed by atoms with van der Waals surface area (Å²) in [7, 11) is 0. The van der Waals surface area contributed by atoms with E-state index in [-0.39, 0.29) is 0 Å². The Morgan fingerprint density at radius 3 is 1.32 bits per heavy atom. The van der Waals surface area contributed by atoms with Crippen molar-refractivity contribution in [2.45, 2.75) is 5.41 Å². The molecule has 69 heavy (non-hydrogen) atoms. The Kier molecular flexibility index (Phi) is 8.84. The lowest BCUT2D eigenvalue weighted by atomic mass is 9.68. The average molecular weight is 877 g/mol. The second-order valence-electron chi connectivity index (χ2n) is 18.4. The monoisotopic (exact) mass is 876 g/mol. The molecule has 322 valence electrons. The minimum Gasteiger partial charge on any atom is -0.310 e. The molecule has 0 N–H and O–H groups in total. The molecule has 14 rings (SSSR count). The Morgan fingerprint density at radius 1 is 0.275 bits per heavy atom. The maximum atomic E-state index is 2.43. The molecule has 1 aromatic heterocycles. The van der Waals surface area contributed by atoms with Gasteiger partial charge in [-0.1, -0.05) is 206 Å². The molecule has 0 aliphatic heterocycles. The second kappa shape index (κ2) is 15.6. The third-order valence-electron chi connectivity index (χ3n) is 14.8. The molecule has 0 fully saturated rings. The van der Waals surface area contributed by atoms with Crippen LogP contribution in [0.1, 0.15) is 22.3 Å². The Labute approximate surface area is 401 Å². The molecule has 0 spiro atoms. The van der Waals surface area contributed by atoms with Crippen molar-refractivity contribution in [3.63, 3.8) is 0 Å². The molecule has 0 radical (unpaired) electrons. The molecule has 0 atom stereocenters. The molecule has 0 unspecified atom stereocenters. The molecule has 0 bridgehead atoms. The number of anilines is 3. The van der Waals surface area contributed by atoms with E-state index in [1.807, 2.05) is 0 Å². The molecule has 13 aromatic rings. The largest absolute Gasteiger partial charge is 0.310 e. The summed E-state index contributed by atoms with van der Waals surface area (Å²) in [6.07, 6.45) is 0. The van der Waals surface area contributed by atoms with Crippen molar-refractivity contribution >= 4 is 71.2 Å². The maximum Gasteiger partial charge on any atom is 0.0713 e.